The average molecular weight is 316 g/mol. The highest BCUT2D eigenvalue weighted by Gasteiger charge is 2.16. The first-order chi connectivity index (χ1) is 10.7. The second kappa shape index (κ2) is 6.92. The molecule has 1 fully saturated rings. The van der Waals surface area contributed by atoms with Gasteiger partial charge in [0.15, 0.2) is 0 Å². The van der Waals surface area contributed by atoms with Crippen LogP contribution in [-0.2, 0) is 11.2 Å². The topological polar surface area (TPSA) is 51.2 Å². The maximum Gasteiger partial charge on any atom is 0.230 e. The summed E-state index contributed by atoms with van der Waals surface area (Å²) in [4.78, 5) is 16.3. The predicted molar refractivity (Wildman–Crippen MR) is 88.5 cm³/mol. The average Bonchev–Trinajstić information content (AvgIpc) is 3.13. The lowest BCUT2D eigenvalue weighted by Crippen LogP contribution is -2.14. The number of hydrogen-bond donors (Lipinski definition) is 1. The number of hydrogen-bond acceptors (Lipinski definition) is 4. The molecule has 1 aromatic heterocycles. The Morgan fingerprint density at radius 2 is 2.05 bits per heavy atom. The molecule has 22 heavy (non-hydrogen) atoms. The molecular formula is C17H20N2O2S. The molecule has 2 aromatic rings. The van der Waals surface area contributed by atoms with Gasteiger partial charge in [-0.2, -0.15) is 0 Å². The SMILES string of the molecule is Cc1nc(CC(=O)Nc2ccc(OC3CCCC3)cc2)cs1. The Morgan fingerprint density at radius 3 is 2.68 bits per heavy atom. The van der Waals surface area contributed by atoms with Crippen LogP contribution in [0.15, 0.2) is 29.6 Å². The minimum atomic E-state index is -0.0465. The summed E-state index contributed by atoms with van der Waals surface area (Å²) in [6, 6.07) is 7.60. The monoisotopic (exact) mass is 316 g/mol. The van der Waals surface area contributed by atoms with Crippen molar-refractivity contribution in [2.24, 2.45) is 0 Å². The molecule has 1 aromatic carbocycles. The number of carbonyl (C=O) groups is 1. The Labute approximate surface area is 134 Å². The Bertz CT molecular complexity index is 630. The number of aryl methyl sites for hydroxylation is 1. The molecule has 1 aliphatic rings. The first-order valence-corrected chi connectivity index (χ1v) is 8.54. The van der Waals surface area contributed by atoms with Gasteiger partial charge in [-0.15, -0.1) is 11.3 Å². The Kier molecular flexibility index (Phi) is 4.73. The zero-order chi connectivity index (χ0) is 15.4. The quantitative estimate of drug-likeness (QED) is 0.908. The van der Waals surface area contributed by atoms with Crippen LogP contribution in [0.1, 0.15) is 36.4 Å². The van der Waals surface area contributed by atoms with Crippen LogP contribution in [0.25, 0.3) is 0 Å². The van der Waals surface area contributed by atoms with Crippen LogP contribution in [0, 0.1) is 6.92 Å². The molecule has 116 valence electrons. The smallest absolute Gasteiger partial charge is 0.230 e. The molecule has 4 nitrogen and oxygen atoms in total. The van der Waals surface area contributed by atoms with E-state index in [1.54, 1.807) is 11.3 Å². The molecule has 1 heterocycles. The molecule has 1 N–H and O–H groups in total. The maximum atomic E-state index is 12.0. The summed E-state index contributed by atoms with van der Waals surface area (Å²) in [5, 5.41) is 5.80. The van der Waals surface area contributed by atoms with E-state index in [0.29, 0.717) is 12.5 Å². The fourth-order valence-electron chi connectivity index (χ4n) is 2.67. The summed E-state index contributed by atoms with van der Waals surface area (Å²) < 4.78 is 5.91. The normalized spacial score (nSPS) is 15.0. The summed E-state index contributed by atoms with van der Waals surface area (Å²) >= 11 is 1.56. The number of thiazole rings is 1. The van der Waals surface area contributed by atoms with Gasteiger partial charge in [-0.3, -0.25) is 4.79 Å². The van der Waals surface area contributed by atoms with Crippen molar-refractivity contribution in [1.82, 2.24) is 4.98 Å². The molecule has 1 amide bonds. The minimum absolute atomic E-state index is 0.0465. The van der Waals surface area contributed by atoms with Crippen molar-refractivity contribution < 1.29 is 9.53 Å². The van der Waals surface area contributed by atoms with Gasteiger partial charge in [-0.25, -0.2) is 4.98 Å². The second-order valence-electron chi connectivity index (χ2n) is 5.63. The van der Waals surface area contributed by atoms with Gasteiger partial charge in [0, 0.05) is 11.1 Å². The number of aromatic nitrogens is 1. The van der Waals surface area contributed by atoms with Crippen molar-refractivity contribution in [3.05, 3.63) is 40.3 Å². The van der Waals surface area contributed by atoms with E-state index in [1.165, 1.54) is 12.8 Å². The van der Waals surface area contributed by atoms with Gasteiger partial charge < -0.3 is 10.1 Å². The standard InChI is InChI=1S/C17H20N2O2S/c1-12-18-14(11-22-12)10-17(20)19-13-6-8-16(9-7-13)21-15-4-2-3-5-15/h6-9,11,15H,2-5,10H2,1H3,(H,19,20). The molecule has 0 atom stereocenters. The molecule has 1 saturated carbocycles. The van der Waals surface area contributed by atoms with Crippen LogP contribution in [0.5, 0.6) is 5.75 Å². The van der Waals surface area contributed by atoms with Crippen molar-refractivity contribution in [2.45, 2.75) is 45.1 Å². The van der Waals surface area contributed by atoms with Crippen molar-refractivity contribution >= 4 is 22.9 Å². The fourth-order valence-corrected chi connectivity index (χ4v) is 3.29. The molecular weight excluding hydrogens is 296 g/mol. The van der Waals surface area contributed by atoms with Gasteiger partial charge in [0.1, 0.15) is 5.75 Å². The van der Waals surface area contributed by atoms with Crippen LogP contribution >= 0.6 is 11.3 Å². The van der Waals surface area contributed by atoms with Crippen LogP contribution < -0.4 is 10.1 Å². The second-order valence-corrected chi connectivity index (χ2v) is 6.69. The molecule has 0 bridgehead atoms. The van der Waals surface area contributed by atoms with E-state index in [1.807, 2.05) is 36.6 Å². The van der Waals surface area contributed by atoms with E-state index in [4.69, 9.17) is 4.74 Å². The number of amides is 1. The molecule has 0 unspecified atom stereocenters. The fraction of sp³-hybridized carbons (Fsp3) is 0.412. The van der Waals surface area contributed by atoms with Crippen molar-refractivity contribution in [1.29, 1.82) is 0 Å². The maximum absolute atomic E-state index is 12.0. The molecule has 0 aliphatic heterocycles. The largest absolute Gasteiger partial charge is 0.490 e. The summed E-state index contributed by atoms with van der Waals surface area (Å²) in [5.74, 6) is 0.829. The van der Waals surface area contributed by atoms with Gasteiger partial charge >= 0.3 is 0 Å². The van der Waals surface area contributed by atoms with Gasteiger partial charge in [0.05, 0.1) is 23.2 Å². The van der Waals surface area contributed by atoms with Crippen LogP contribution in [0.3, 0.4) is 0 Å². The van der Waals surface area contributed by atoms with Crippen LogP contribution in [-0.4, -0.2) is 17.0 Å². The highest BCUT2D eigenvalue weighted by molar-refractivity contribution is 7.09. The van der Waals surface area contributed by atoms with Crippen LogP contribution in [0.4, 0.5) is 5.69 Å². The van der Waals surface area contributed by atoms with E-state index in [9.17, 15) is 4.79 Å². The van der Waals surface area contributed by atoms with Gasteiger partial charge in [-0.1, -0.05) is 0 Å². The minimum Gasteiger partial charge on any atom is -0.490 e. The third-order valence-electron chi connectivity index (χ3n) is 3.75. The number of benzene rings is 1. The molecule has 3 rings (SSSR count). The lowest BCUT2D eigenvalue weighted by atomic mass is 10.2. The molecule has 0 saturated heterocycles. The van der Waals surface area contributed by atoms with Crippen molar-refractivity contribution in [3.63, 3.8) is 0 Å². The summed E-state index contributed by atoms with van der Waals surface area (Å²) in [6.45, 7) is 1.94. The molecule has 0 spiro atoms. The third kappa shape index (κ3) is 4.07. The van der Waals surface area contributed by atoms with Gasteiger partial charge in [0.2, 0.25) is 5.91 Å². The first kappa shape index (κ1) is 15.0. The van der Waals surface area contributed by atoms with Crippen LogP contribution in [0.2, 0.25) is 0 Å². The number of ether oxygens (including phenoxy) is 1. The zero-order valence-corrected chi connectivity index (χ0v) is 13.5. The molecule has 0 radical (unpaired) electrons. The Hall–Kier alpha value is -1.88. The lowest BCUT2D eigenvalue weighted by Gasteiger charge is -2.13. The highest BCUT2D eigenvalue weighted by atomic mass is 32.1. The van der Waals surface area contributed by atoms with E-state index >= 15 is 0 Å². The van der Waals surface area contributed by atoms with E-state index < -0.39 is 0 Å². The lowest BCUT2D eigenvalue weighted by molar-refractivity contribution is -0.115. The summed E-state index contributed by atoms with van der Waals surface area (Å²) in [5.41, 5.74) is 1.61. The van der Waals surface area contributed by atoms with Crippen molar-refractivity contribution in [3.8, 4) is 5.75 Å². The third-order valence-corrected chi connectivity index (χ3v) is 4.57. The zero-order valence-electron chi connectivity index (χ0n) is 12.7. The van der Waals surface area contributed by atoms with Crippen molar-refractivity contribution in [2.75, 3.05) is 5.32 Å². The van der Waals surface area contributed by atoms with Gasteiger partial charge in [0.25, 0.3) is 0 Å². The summed E-state index contributed by atoms with van der Waals surface area (Å²) in [7, 11) is 0. The molecule has 1 aliphatic carbocycles. The Morgan fingerprint density at radius 1 is 1.32 bits per heavy atom. The highest BCUT2D eigenvalue weighted by Crippen LogP contribution is 2.25. The van der Waals surface area contributed by atoms with E-state index in [2.05, 4.69) is 10.3 Å². The van der Waals surface area contributed by atoms with Gasteiger partial charge in [-0.05, 0) is 56.9 Å². The number of carbonyl (C=O) groups excluding carboxylic acids is 1. The number of anilines is 1. The predicted octanol–water partition coefficient (Wildman–Crippen LogP) is 3.95. The number of nitrogens with zero attached hydrogens (tertiary/aromatic N) is 1. The number of rotatable bonds is 5. The van der Waals surface area contributed by atoms with E-state index in [0.717, 1.165) is 35.0 Å². The first-order valence-electron chi connectivity index (χ1n) is 7.66. The van der Waals surface area contributed by atoms with E-state index in [-0.39, 0.29) is 5.91 Å². The molecule has 5 heteroatoms. The Balaban J connectivity index is 1.52. The number of nitrogens with one attached hydrogen (secondary N) is 1. The summed E-state index contributed by atoms with van der Waals surface area (Å²) in [6.07, 6.45) is 5.47.